The van der Waals surface area contributed by atoms with E-state index in [0.29, 0.717) is 29.3 Å². The number of nitrogens with one attached hydrogen (secondary N) is 1. The Morgan fingerprint density at radius 2 is 2.05 bits per heavy atom. The van der Waals surface area contributed by atoms with E-state index in [9.17, 15) is 8.42 Å². The molecule has 0 aromatic carbocycles. The predicted octanol–water partition coefficient (Wildman–Crippen LogP) is 1.71. The van der Waals surface area contributed by atoms with Crippen LogP contribution >= 0.6 is 0 Å². The number of hydrogen-bond donors (Lipinski definition) is 1. The Balaban J connectivity index is 2.44. The van der Waals surface area contributed by atoms with Gasteiger partial charge < -0.3 is 10.1 Å². The van der Waals surface area contributed by atoms with Crippen molar-refractivity contribution in [3.8, 4) is 0 Å². The SMILES string of the molecule is COCCCC(CNCC(C)C)C1CCS(=O)(=O)C1. The maximum Gasteiger partial charge on any atom is 0.150 e. The second-order valence-corrected chi connectivity index (χ2v) is 8.34. The van der Waals surface area contributed by atoms with Crippen molar-refractivity contribution in [1.82, 2.24) is 5.32 Å². The van der Waals surface area contributed by atoms with Gasteiger partial charge in [0.05, 0.1) is 11.5 Å². The largest absolute Gasteiger partial charge is 0.385 e. The van der Waals surface area contributed by atoms with Gasteiger partial charge in [0, 0.05) is 13.7 Å². The molecule has 4 nitrogen and oxygen atoms in total. The van der Waals surface area contributed by atoms with Crippen LogP contribution in [0.4, 0.5) is 0 Å². The third-order valence-corrected chi connectivity index (χ3v) is 5.61. The number of methoxy groups -OCH3 is 1. The van der Waals surface area contributed by atoms with Gasteiger partial charge in [-0.25, -0.2) is 8.42 Å². The maximum absolute atomic E-state index is 11.6. The molecule has 0 saturated carbocycles. The van der Waals surface area contributed by atoms with Crippen LogP contribution in [-0.4, -0.2) is 46.7 Å². The summed E-state index contributed by atoms with van der Waals surface area (Å²) < 4.78 is 28.3. The molecule has 0 aromatic rings. The fraction of sp³-hybridized carbons (Fsp3) is 1.00. The molecule has 0 radical (unpaired) electrons. The number of ether oxygens (including phenoxy) is 1. The van der Waals surface area contributed by atoms with Gasteiger partial charge in [-0.05, 0) is 50.1 Å². The minimum Gasteiger partial charge on any atom is -0.385 e. The van der Waals surface area contributed by atoms with Gasteiger partial charge in [-0.1, -0.05) is 13.8 Å². The van der Waals surface area contributed by atoms with Gasteiger partial charge in [0.15, 0.2) is 9.84 Å². The minimum absolute atomic E-state index is 0.335. The highest BCUT2D eigenvalue weighted by molar-refractivity contribution is 7.91. The zero-order chi connectivity index (χ0) is 14.3. The van der Waals surface area contributed by atoms with Crippen molar-refractivity contribution in [2.75, 3.05) is 38.3 Å². The Labute approximate surface area is 118 Å². The molecule has 1 rings (SSSR count). The smallest absolute Gasteiger partial charge is 0.150 e. The van der Waals surface area contributed by atoms with Crippen molar-refractivity contribution in [1.29, 1.82) is 0 Å². The fourth-order valence-electron chi connectivity index (χ4n) is 2.75. The molecule has 114 valence electrons. The predicted molar refractivity (Wildman–Crippen MR) is 79.1 cm³/mol. The summed E-state index contributed by atoms with van der Waals surface area (Å²) in [5, 5.41) is 3.48. The molecule has 0 amide bonds. The molecule has 19 heavy (non-hydrogen) atoms. The average molecular weight is 291 g/mol. The molecule has 0 bridgehead atoms. The van der Waals surface area contributed by atoms with Crippen LogP contribution < -0.4 is 5.32 Å². The summed E-state index contributed by atoms with van der Waals surface area (Å²) in [7, 11) is -1.06. The lowest BCUT2D eigenvalue weighted by Crippen LogP contribution is -2.31. The van der Waals surface area contributed by atoms with Crippen LogP contribution in [0.5, 0.6) is 0 Å². The quantitative estimate of drug-likeness (QED) is 0.657. The third kappa shape index (κ3) is 6.72. The molecular weight excluding hydrogens is 262 g/mol. The van der Waals surface area contributed by atoms with Crippen LogP contribution in [0.1, 0.15) is 33.1 Å². The van der Waals surface area contributed by atoms with Crippen molar-refractivity contribution in [3.05, 3.63) is 0 Å². The molecule has 5 heteroatoms. The van der Waals surface area contributed by atoms with E-state index in [1.54, 1.807) is 7.11 Å². The van der Waals surface area contributed by atoms with Gasteiger partial charge >= 0.3 is 0 Å². The Morgan fingerprint density at radius 1 is 1.32 bits per heavy atom. The topological polar surface area (TPSA) is 55.4 Å². The Bertz CT molecular complexity index is 341. The van der Waals surface area contributed by atoms with E-state index in [-0.39, 0.29) is 0 Å². The molecule has 0 aliphatic carbocycles. The Kier molecular flexibility index (Phi) is 7.32. The molecule has 1 heterocycles. The zero-order valence-electron chi connectivity index (χ0n) is 12.5. The van der Waals surface area contributed by atoms with E-state index in [2.05, 4.69) is 19.2 Å². The van der Waals surface area contributed by atoms with E-state index in [1.165, 1.54) is 0 Å². The molecule has 2 atom stereocenters. The zero-order valence-corrected chi connectivity index (χ0v) is 13.3. The average Bonchev–Trinajstić information content (AvgIpc) is 2.67. The minimum atomic E-state index is -2.77. The molecule has 0 aromatic heterocycles. The van der Waals surface area contributed by atoms with Crippen LogP contribution in [-0.2, 0) is 14.6 Å². The first-order valence-electron chi connectivity index (χ1n) is 7.34. The normalized spacial score (nSPS) is 23.9. The summed E-state index contributed by atoms with van der Waals surface area (Å²) in [4.78, 5) is 0. The van der Waals surface area contributed by atoms with Crippen LogP contribution in [0.25, 0.3) is 0 Å². The van der Waals surface area contributed by atoms with Gasteiger partial charge in [0.2, 0.25) is 0 Å². The summed E-state index contributed by atoms with van der Waals surface area (Å²) >= 11 is 0. The molecule has 1 fully saturated rings. The first-order chi connectivity index (χ1) is 8.94. The van der Waals surface area contributed by atoms with Crippen LogP contribution in [0.15, 0.2) is 0 Å². The lowest BCUT2D eigenvalue weighted by atomic mass is 9.88. The van der Waals surface area contributed by atoms with Crippen molar-refractivity contribution in [3.63, 3.8) is 0 Å². The van der Waals surface area contributed by atoms with E-state index >= 15 is 0 Å². The van der Waals surface area contributed by atoms with Gasteiger partial charge in [-0.3, -0.25) is 0 Å². The van der Waals surface area contributed by atoms with Crippen LogP contribution in [0.2, 0.25) is 0 Å². The maximum atomic E-state index is 11.6. The highest BCUT2D eigenvalue weighted by Crippen LogP contribution is 2.28. The second kappa shape index (κ2) is 8.22. The van der Waals surface area contributed by atoms with E-state index < -0.39 is 9.84 Å². The number of hydrogen-bond acceptors (Lipinski definition) is 4. The lowest BCUT2D eigenvalue weighted by molar-refractivity contribution is 0.179. The highest BCUT2D eigenvalue weighted by Gasteiger charge is 2.33. The summed E-state index contributed by atoms with van der Waals surface area (Å²) in [6.07, 6.45) is 2.91. The van der Waals surface area contributed by atoms with Gasteiger partial charge in [0.1, 0.15) is 0 Å². The standard InChI is InChI=1S/C14H29NO3S/c1-12(2)9-15-10-13(5-4-7-18-3)14-6-8-19(16,17)11-14/h12-15H,4-11H2,1-3H3. The summed E-state index contributed by atoms with van der Waals surface area (Å²) in [5.41, 5.74) is 0. The first-order valence-corrected chi connectivity index (χ1v) is 9.17. The number of sulfone groups is 1. The molecule has 0 spiro atoms. The van der Waals surface area contributed by atoms with Gasteiger partial charge in [-0.15, -0.1) is 0 Å². The summed E-state index contributed by atoms with van der Waals surface area (Å²) in [6.45, 7) is 7.07. The monoisotopic (exact) mass is 291 g/mol. The summed E-state index contributed by atoms with van der Waals surface area (Å²) in [6, 6.07) is 0. The lowest BCUT2D eigenvalue weighted by Gasteiger charge is -2.23. The van der Waals surface area contributed by atoms with E-state index in [0.717, 1.165) is 39.0 Å². The highest BCUT2D eigenvalue weighted by atomic mass is 32.2. The van der Waals surface area contributed by atoms with Gasteiger partial charge in [-0.2, -0.15) is 0 Å². The molecule has 2 unspecified atom stereocenters. The van der Waals surface area contributed by atoms with E-state index in [4.69, 9.17) is 4.74 Å². The Morgan fingerprint density at radius 3 is 2.58 bits per heavy atom. The molecular formula is C14H29NO3S. The van der Waals surface area contributed by atoms with Crippen LogP contribution in [0.3, 0.4) is 0 Å². The van der Waals surface area contributed by atoms with Crippen LogP contribution in [0, 0.1) is 17.8 Å². The third-order valence-electron chi connectivity index (χ3n) is 3.82. The molecule has 1 saturated heterocycles. The first kappa shape index (κ1) is 16.9. The Hall–Kier alpha value is -0.130. The second-order valence-electron chi connectivity index (χ2n) is 6.11. The van der Waals surface area contributed by atoms with E-state index in [1.807, 2.05) is 0 Å². The van der Waals surface area contributed by atoms with Crippen molar-refractivity contribution >= 4 is 9.84 Å². The van der Waals surface area contributed by atoms with Gasteiger partial charge in [0.25, 0.3) is 0 Å². The fourth-order valence-corrected chi connectivity index (χ4v) is 4.67. The molecule has 1 N–H and O–H groups in total. The van der Waals surface area contributed by atoms with Crippen molar-refractivity contribution in [2.45, 2.75) is 33.1 Å². The number of rotatable bonds is 9. The molecule has 1 aliphatic rings. The molecule has 1 aliphatic heterocycles. The summed E-state index contributed by atoms with van der Waals surface area (Å²) in [5.74, 6) is 2.19. The van der Waals surface area contributed by atoms with Crippen molar-refractivity contribution in [2.24, 2.45) is 17.8 Å². The van der Waals surface area contributed by atoms with Crippen molar-refractivity contribution < 1.29 is 13.2 Å².